The van der Waals surface area contributed by atoms with Gasteiger partial charge in [-0.15, -0.1) is 0 Å². The maximum Gasteiger partial charge on any atom is 0.306 e. The summed E-state index contributed by atoms with van der Waals surface area (Å²) in [6.45, 7) is 4.64. The molecule has 3 rings (SSSR count). The highest BCUT2D eigenvalue weighted by atomic mass is 16.5. The number of ether oxygens (including phenoxy) is 2. The van der Waals surface area contributed by atoms with Gasteiger partial charge in [0, 0.05) is 19.4 Å². The summed E-state index contributed by atoms with van der Waals surface area (Å²) in [4.78, 5) is 11.0. The van der Waals surface area contributed by atoms with Gasteiger partial charge in [-0.05, 0) is 42.5 Å². The molecule has 0 fully saturated rings. The zero-order valence-corrected chi connectivity index (χ0v) is 14.9. The van der Waals surface area contributed by atoms with E-state index < -0.39 is 12.1 Å². The van der Waals surface area contributed by atoms with Crippen molar-refractivity contribution in [3.8, 4) is 5.75 Å². The zero-order valence-electron chi connectivity index (χ0n) is 14.9. The first-order valence-electron chi connectivity index (χ1n) is 9.05. The van der Waals surface area contributed by atoms with Crippen molar-refractivity contribution in [1.82, 2.24) is 0 Å². The normalized spacial score (nSPS) is 23.4. The smallest absolute Gasteiger partial charge is 0.306 e. The monoisotopic (exact) mass is 342 g/mol. The average molecular weight is 342 g/mol. The molecule has 0 radical (unpaired) electrons. The van der Waals surface area contributed by atoms with Gasteiger partial charge >= 0.3 is 5.97 Å². The SMILES string of the molecule is CCO[C@@H](CC(=O)O)c1ccc(OC2CC3=C(C2)C(C)CC=C3)cc1. The van der Waals surface area contributed by atoms with Crippen molar-refractivity contribution in [2.24, 2.45) is 5.92 Å². The number of benzene rings is 1. The predicted octanol–water partition coefficient (Wildman–Crippen LogP) is 4.67. The Morgan fingerprint density at radius 3 is 2.68 bits per heavy atom. The second-order valence-electron chi connectivity index (χ2n) is 6.85. The Hall–Kier alpha value is -2.07. The minimum absolute atomic E-state index is 0.0302. The molecule has 0 saturated carbocycles. The van der Waals surface area contributed by atoms with Crippen molar-refractivity contribution in [3.05, 3.63) is 53.1 Å². The van der Waals surface area contributed by atoms with Crippen molar-refractivity contribution in [2.75, 3.05) is 6.61 Å². The molecule has 25 heavy (non-hydrogen) atoms. The van der Waals surface area contributed by atoms with Crippen LogP contribution in [0, 0.1) is 5.92 Å². The highest BCUT2D eigenvalue weighted by Crippen LogP contribution is 2.38. The van der Waals surface area contributed by atoms with Crippen molar-refractivity contribution in [1.29, 1.82) is 0 Å². The number of hydrogen-bond acceptors (Lipinski definition) is 3. The van der Waals surface area contributed by atoms with Crippen LogP contribution in [0.5, 0.6) is 5.75 Å². The Morgan fingerprint density at radius 2 is 2.04 bits per heavy atom. The highest BCUT2D eigenvalue weighted by Gasteiger charge is 2.28. The van der Waals surface area contributed by atoms with E-state index in [1.807, 2.05) is 31.2 Å². The van der Waals surface area contributed by atoms with Gasteiger partial charge in [0.1, 0.15) is 11.9 Å². The van der Waals surface area contributed by atoms with Gasteiger partial charge in [0.25, 0.3) is 0 Å². The van der Waals surface area contributed by atoms with Crippen LogP contribution in [-0.2, 0) is 9.53 Å². The van der Waals surface area contributed by atoms with Gasteiger partial charge in [0.2, 0.25) is 0 Å². The average Bonchev–Trinajstić information content (AvgIpc) is 2.99. The Labute approximate surface area is 149 Å². The third kappa shape index (κ3) is 4.31. The molecule has 1 aromatic carbocycles. The Kier molecular flexibility index (Phi) is 5.59. The molecule has 0 aliphatic heterocycles. The molecule has 1 aromatic rings. The second kappa shape index (κ2) is 7.87. The molecule has 134 valence electrons. The summed E-state index contributed by atoms with van der Waals surface area (Å²) in [5.74, 6) is 0.596. The van der Waals surface area contributed by atoms with Crippen LogP contribution in [0.3, 0.4) is 0 Å². The molecule has 2 unspecified atom stereocenters. The number of carboxylic acid groups (broad SMARTS) is 1. The Bertz CT molecular complexity index is 672. The fourth-order valence-electron chi connectivity index (χ4n) is 3.74. The van der Waals surface area contributed by atoms with Gasteiger partial charge in [-0.2, -0.15) is 0 Å². The molecule has 0 amide bonds. The molecule has 0 bridgehead atoms. The third-order valence-corrected chi connectivity index (χ3v) is 4.99. The maximum absolute atomic E-state index is 11.0. The van der Waals surface area contributed by atoms with E-state index in [4.69, 9.17) is 14.6 Å². The van der Waals surface area contributed by atoms with Crippen molar-refractivity contribution in [3.63, 3.8) is 0 Å². The quantitative estimate of drug-likeness (QED) is 0.782. The lowest BCUT2D eigenvalue weighted by atomic mass is 9.90. The van der Waals surface area contributed by atoms with E-state index in [1.165, 1.54) is 5.57 Å². The summed E-state index contributed by atoms with van der Waals surface area (Å²) in [5.41, 5.74) is 3.86. The molecule has 4 nitrogen and oxygen atoms in total. The molecule has 0 aromatic heterocycles. The van der Waals surface area contributed by atoms with Crippen molar-refractivity contribution in [2.45, 2.75) is 51.7 Å². The van der Waals surface area contributed by atoms with Crippen LogP contribution >= 0.6 is 0 Å². The zero-order chi connectivity index (χ0) is 17.8. The molecular weight excluding hydrogens is 316 g/mol. The second-order valence-corrected chi connectivity index (χ2v) is 6.85. The van der Waals surface area contributed by atoms with E-state index >= 15 is 0 Å². The van der Waals surface area contributed by atoms with Crippen LogP contribution in [0.15, 0.2) is 47.6 Å². The number of carboxylic acids is 1. The van der Waals surface area contributed by atoms with Gasteiger partial charge in [-0.1, -0.05) is 36.8 Å². The largest absolute Gasteiger partial charge is 0.490 e. The van der Waals surface area contributed by atoms with Crippen LogP contribution in [0.4, 0.5) is 0 Å². The molecule has 3 atom stereocenters. The molecule has 0 spiro atoms. The van der Waals surface area contributed by atoms with Crippen LogP contribution in [0.25, 0.3) is 0 Å². The number of aliphatic carboxylic acids is 1. The lowest BCUT2D eigenvalue weighted by Gasteiger charge is -2.18. The fourth-order valence-corrected chi connectivity index (χ4v) is 3.74. The first-order valence-corrected chi connectivity index (χ1v) is 9.05. The first kappa shape index (κ1) is 17.7. The number of allylic oxidation sites excluding steroid dienone is 2. The van der Waals surface area contributed by atoms with E-state index in [9.17, 15) is 4.79 Å². The van der Waals surface area contributed by atoms with E-state index in [2.05, 4.69) is 19.1 Å². The van der Waals surface area contributed by atoms with E-state index in [1.54, 1.807) is 5.57 Å². The Morgan fingerprint density at radius 1 is 1.28 bits per heavy atom. The predicted molar refractivity (Wildman–Crippen MR) is 96.7 cm³/mol. The number of hydrogen-bond donors (Lipinski definition) is 1. The van der Waals surface area contributed by atoms with Crippen molar-refractivity contribution < 1.29 is 19.4 Å². The molecule has 0 saturated heterocycles. The van der Waals surface area contributed by atoms with Crippen LogP contribution in [-0.4, -0.2) is 23.8 Å². The minimum atomic E-state index is -0.858. The van der Waals surface area contributed by atoms with E-state index in [0.717, 1.165) is 30.6 Å². The fraction of sp³-hybridized carbons (Fsp3) is 0.476. The molecule has 4 heteroatoms. The maximum atomic E-state index is 11.0. The summed E-state index contributed by atoms with van der Waals surface area (Å²) in [6, 6.07) is 7.65. The van der Waals surface area contributed by atoms with Gasteiger partial charge < -0.3 is 14.6 Å². The molecule has 2 aliphatic rings. The summed E-state index contributed by atoms with van der Waals surface area (Å²) < 4.78 is 11.7. The van der Waals surface area contributed by atoms with E-state index in [0.29, 0.717) is 12.5 Å². The minimum Gasteiger partial charge on any atom is -0.490 e. The lowest BCUT2D eigenvalue weighted by molar-refractivity contribution is -0.140. The number of carbonyl (C=O) groups is 1. The topological polar surface area (TPSA) is 55.8 Å². The van der Waals surface area contributed by atoms with Crippen LogP contribution < -0.4 is 4.74 Å². The van der Waals surface area contributed by atoms with Gasteiger partial charge in [-0.25, -0.2) is 0 Å². The highest BCUT2D eigenvalue weighted by molar-refractivity contribution is 5.67. The summed E-state index contributed by atoms with van der Waals surface area (Å²) in [7, 11) is 0. The van der Waals surface area contributed by atoms with Crippen molar-refractivity contribution >= 4 is 5.97 Å². The third-order valence-electron chi connectivity index (χ3n) is 4.99. The van der Waals surface area contributed by atoms with E-state index in [-0.39, 0.29) is 12.5 Å². The number of rotatable bonds is 7. The van der Waals surface area contributed by atoms with Gasteiger partial charge in [-0.3, -0.25) is 4.79 Å². The van der Waals surface area contributed by atoms with Gasteiger partial charge in [0.05, 0.1) is 12.5 Å². The Balaban J connectivity index is 1.61. The molecule has 2 aliphatic carbocycles. The standard InChI is InChI=1S/C21H26O4/c1-3-24-20(13-21(22)23)15-7-9-17(10-8-15)25-18-11-16-6-4-5-14(2)19(16)12-18/h4,6-10,14,18,20H,3,5,11-13H2,1-2H3,(H,22,23)/t14?,18?,20-/m0/s1. The van der Waals surface area contributed by atoms with Crippen LogP contribution in [0.2, 0.25) is 0 Å². The molecular formula is C21H26O4. The van der Waals surface area contributed by atoms with Gasteiger partial charge in [0.15, 0.2) is 0 Å². The lowest BCUT2D eigenvalue weighted by Crippen LogP contribution is -2.14. The molecule has 0 heterocycles. The summed E-state index contributed by atoms with van der Waals surface area (Å²) in [5, 5.41) is 9.02. The molecule has 1 N–H and O–H groups in total. The summed E-state index contributed by atoms with van der Waals surface area (Å²) >= 11 is 0. The summed E-state index contributed by atoms with van der Waals surface area (Å²) in [6.07, 6.45) is 7.37. The first-order chi connectivity index (χ1) is 12.1. The van der Waals surface area contributed by atoms with Crippen LogP contribution in [0.1, 0.15) is 51.2 Å².